The molecule has 3 heteroatoms. The molecule has 1 aliphatic heterocycles. The molecule has 2 aromatic rings. The van der Waals surface area contributed by atoms with Crippen molar-refractivity contribution in [3.05, 3.63) is 46.2 Å². The minimum atomic E-state index is 0.132. The van der Waals surface area contributed by atoms with E-state index in [2.05, 4.69) is 36.9 Å². The fraction of sp³-hybridized carbons (Fsp3) is 0.500. The molecule has 0 bridgehead atoms. The summed E-state index contributed by atoms with van der Waals surface area (Å²) in [6.07, 6.45) is 3.38. The van der Waals surface area contributed by atoms with Crippen LogP contribution in [0.4, 0.5) is 0 Å². The lowest BCUT2D eigenvalue weighted by Gasteiger charge is -2.35. The summed E-state index contributed by atoms with van der Waals surface area (Å²) in [6, 6.07) is 10.5. The molecular weight excluding hydrogens is 260 g/mol. The van der Waals surface area contributed by atoms with Crippen LogP contribution in [0.25, 0.3) is 10.9 Å². The van der Waals surface area contributed by atoms with Crippen LogP contribution in [0, 0.1) is 0 Å². The van der Waals surface area contributed by atoms with Crippen LogP contribution < -0.4 is 5.56 Å². The van der Waals surface area contributed by atoms with Crippen molar-refractivity contribution in [1.29, 1.82) is 0 Å². The maximum absolute atomic E-state index is 12.3. The highest BCUT2D eigenvalue weighted by Gasteiger charge is 2.25. The van der Waals surface area contributed by atoms with Gasteiger partial charge in [0.05, 0.1) is 5.52 Å². The van der Waals surface area contributed by atoms with Crippen LogP contribution in [0.15, 0.2) is 35.1 Å². The molecule has 21 heavy (non-hydrogen) atoms. The van der Waals surface area contributed by atoms with Gasteiger partial charge in [0.1, 0.15) is 0 Å². The first-order chi connectivity index (χ1) is 10.2. The summed E-state index contributed by atoms with van der Waals surface area (Å²) in [7, 11) is 0. The van der Waals surface area contributed by atoms with E-state index in [0.717, 1.165) is 44.4 Å². The summed E-state index contributed by atoms with van der Waals surface area (Å²) < 4.78 is 1.98. The van der Waals surface area contributed by atoms with Gasteiger partial charge in [-0.1, -0.05) is 32.0 Å². The quantitative estimate of drug-likeness (QED) is 0.843. The van der Waals surface area contributed by atoms with Crippen molar-refractivity contribution in [2.24, 2.45) is 0 Å². The van der Waals surface area contributed by atoms with E-state index in [0.29, 0.717) is 6.04 Å². The fourth-order valence-corrected chi connectivity index (χ4v) is 3.61. The van der Waals surface area contributed by atoms with Gasteiger partial charge in [-0.3, -0.25) is 9.69 Å². The third-order valence-electron chi connectivity index (χ3n) is 4.48. The van der Waals surface area contributed by atoms with Gasteiger partial charge in [-0.2, -0.15) is 0 Å². The van der Waals surface area contributed by atoms with Gasteiger partial charge in [0.15, 0.2) is 0 Å². The molecule has 1 aromatic carbocycles. The molecule has 3 rings (SSSR count). The topological polar surface area (TPSA) is 25.2 Å². The molecule has 0 saturated carbocycles. The lowest BCUT2D eigenvalue weighted by molar-refractivity contribution is 0.173. The summed E-state index contributed by atoms with van der Waals surface area (Å²) in [5, 5.41) is 1.18. The van der Waals surface area contributed by atoms with Crippen molar-refractivity contribution in [2.75, 3.05) is 13.1 Å². The zero-order valence-corrected chi connectivity index (χ0v) is 13.0. The van der Waals surface area contributed by atoms with Crippen LogP contribution in [0.3, 0.4) is 0 Å². The second kappa shape index (κ2) is 6.02. The largest absolute Gasteiger partial charge is 0.306 e. The van der Waals surface area contributed by atoms with Crippen molar-refractivity contribution < 1.29 is 0 Å². The number of pyridine rings is 1. The van der Waals surface area contributed by atoms with E-state index < -0.39 is 0 Å². The van der Waals surface area contributed by atoms with E-state index in [1.165, 1.54) is 10.9 Å². The first-order valence-electron chi connectivity index (χ1n) is 8.10. The molecule has 0 spiro atoms. The Morgan fingerprint density at radius 2 is 1.90 bits per heavy atom. The van der Waals surface area contributed by atoms with Gasteiger partial charge < -0.3 is 4.57 Å². The molecule has 2 heterocycles. The Hall–Kier alpha value is -1.61. The highest BCUT2D eigenvalue weighted by atomic mass is 16.1. The van der Waals surface area contributed by atoms with Gasteiger partial charge in [-0.15, -0.1) is 0 Å². The first kappa shape index (κ1) is 14.3. The van der Waals surface area contributed by atoms with Crippen LogP contribution in [0.2, 0.25) is 0 Å². The number of hydrogen-bond acceptors (Lipinski definition) is 2. The highest BCUT2D eigenvalue weighted by molar-refractivity contribution is 5.82. The van der Waals surface area contributed by atoms with E-state index in [9.17, 15) is 4.79 Å². The van der Waals surface area contributed by atoms with Gasteiger partial charge in [0.25, 0.3) is 5.56 Å². The maximum Gasteiger partial charge on any atom is 0.251 e. The van der Waals surface area contributed by atoms with Gasteiger partial charge in [-0.05, 0) is 49.4 Å². The predicted molar refractivity (Wildman–Crippen MR) is 87.9 cm³/mol. The SMILES string of the molecule is CCCN(CCC)C1Cc2cccc3ccc(=O)n(c23)C1. The molecule has 1 atom stereocenters. The molecule has 3 nitrogen and oxygen atoms in total. The molecule has 112 valence electrons. The Bertz CT molecular complexity index is 683. The number of para-hydroxylation sites is 1. The Morgan fingerprint density at radius 3 is 2.62 bits per heavy atom. The average Bonchev–Trinajstić information content (AvgIpc) is 2.50. The highest BCUT2D eigenvalue weighted by Crippen LogP contribution is 2.25. The van der Waals surface area contributed by atoms with Crippen LogP contribution in [-0.2, 0) is 13.0 Å². The zero-order valence-electron chi connectivity index (χ0n) is 13.0. The van der Waals surface area contributed by atoms with Crippen LogP contribution >= 0.6 is 0 Å². The molecule has 0 N–H and O–H groups in total. The molecule has 1 aliphatic rings. The van der Waals surface area contributed by atoms with E-state index in [1.807, 2.05) is 10.6 Å². The third kappa shape index (κ3) is 2.62. The summed E-state index contributed by atoms with van der Waals surface area (Å²) in [5.41, 5.74) is 2.60. The Kier molecular flexibility index (Phi) is 4.11. The summed E-state index contributed by atoms with van der Waals surface area (Å²) in [6.45, 7) is 7.52. The predicted octanol–water partition coefficient (Wildman–Crippen LogP) is 3.05. The molecule has 0 amide bonds. The smallest absolute Gasteiger partial charge is 0.251 e. The van der Waals surface area contributed by atoms with Gasteiger partial charge in [0.2, 0.25) is 0 Å². The molecule has 0 saturated heterocycles. The van der Waals surface area contributed by atoms with Crippen molar-refractivity contribution in [2.45, 2.75) is 45.7 Å². The molecular formula is C18H24N2O. The number of rotatable bonds is 5. The minimum Gasteiger partial charge on any atom is -0.306 e. The van der Waals surface area contributed by atoms with E-state index in [4.69, 9.17) is 0 Å². The molecule has 1 unspecified atom stereocenters. The monoisotopic (exact) mass is 284 g/mol. The van der Waals surface area contributed by atoms with Gasteiger partial charge in [-0.25, -0.2) is 0 Å². The Balaban J connectivity index is 2.02. The van der Waals surface area contributed by atoms with Crippen molar-refractivity contribution in [1.82, 2.24) is 9.47 Å². The molecule has 0 fully saturated rings. The van der Waals surface area contributed by atoms with Gasteiger partial charge >= 0.3 is 0 Å². The lowest BCUT2D eigenvalue weighted by Crippen LogP contribution is -2.45. The normalized spacial score (nSPS) is 17.6. The van der Waals surface area contributed by atoms with E-state index >= 15 is 0 Å². The van der Waals surface area contributed by atoms with Crippen LogP contribution in [0.1, 0.15) is 32.3 Å². The second-order valence-corrected chi connectivity index (χ2v) is 6.03. The van der Waals surface area contributed by atoms with E-state index in [1.54, 1.807) is 6.07 Å². The number of benzene rings is 1. The van der Waals surface area contributed by atoms with Crippen molar-refractivity contribution >= 4 is 10.9 Å². The fourth-order valence-electron chi connectivity index (χ4n) is 3.61. The Labute approximate surface area is 126 Å². The Morgan fingerprint density at radius 1 is 1.14 bits per heavy atom. The third-order valence-corrected chi connectivity index (χ3v) is 4.48. The standard InChI is InChI=1S/C18H24N2O/c1-3-10-19(11-4-2)16-12-15-7-5-6-14-8-9-17(21)20(13-16)18(14)15/h5-9,16H,3-4,10-13H2,1-2H3. The van der Waals surface area contributed by atoms with Gasteiger partial charge in [0, 0.05) is 18.7 Å². The van der Waals surface area contributed by atoms with Crippen molar-refractivity contribution in [3.8, 4) is 0 Å². The minimum absolute atomic E-state index is 0.132. The molecule has 0 radical (unpaired) electrons. The number of nitrogens with zero attached hydrogens (tertiary/aromatic N) is 2. The average molecular weight is 284 g/mol. The first-order valence-corrected chi connectivity index (χ1v) is 8.10. The van der Waals surface area contributed by atoms with Crippen LogP contribution in [-0.4, -0.2) is 28.6 Å². The lowest BCUT2D eigenvalue weighted by atomic mass is 9.96. The second-order valence-electron chi connectivity index (χ2n) is 6.03. The zero-order chi connectivity index (χ0) is 14.8. The van der Waals surface area contributed by atoms with Crippen molar-refractivity contribution in [3.63, 3.8) is 0 Å². The maximum atomic E-state index is 12.3. The summed E-state index contributed by atoms with van der Waals surface area (Å²) >= 11 is 0. The van der Waals surface area contributed by atoms with E-state index in [-0.39, 0.29) is 5.56 Å². The summed E-state index contributed by atoms with van der Waals surface area (Å²) in [4.78, 5) is 14.8. The number of hydrogen-bond donors (Lipinski definition) is 0. The summed E-state index contributed by atoms with van der Waals surface area (Å²) in [5.74, 6) is 0. The van der Waals surface area contributed by atoms with Crippen LogP contribution in [0.5, 0.6) is 0 Å². The molecule has 1 aromatic heterocycles. The molecule has 0 aliphatic carbocycles. The number of aromatic nitrogens is 1.